The molecule has 1 aromatic carbocycles. The minimum Gasteiger partial charge on any atom is -0.307 e. The van der Waals surface area contributed by atoms with Crippen molar-refractivity contribution in [2.45, 2.75) is 11.4 Å². The standard InChI is InChI=1S/C15H14N4O4S/c1-19(9-10-4-6-16-7-5-10)24(22,23)11-2-3-13-12(8-11)14(20)18-15(21)17-13/h2-8H,9H2,1H3,(H2,17,18,20,21). The summed E-state index contributed by atoms with van der Waals surface area (Å²) in [5.41, 5.74) is -0.209. The number of sulfonamides is 1. The van der Waals surface area contributed by atoms with E-state index in [4.69, 9.17) is 0 Å². The molecule has 0 unspecified atom stereocenters. The monoisotopic (exact) mass is 346 g/mol. The first kappa shape index (κ1) is 16.1. The van der Waals surface area contributed by atoms with Gasteiger partial charge in [-0.15, -0.1) is 0 Å². The second-order valence-electron chi connectivity index (χ2n) is 5.23. The van der Waals surface area contributed by atoms with Crippen LogP contribution < -0.4 is 11.2 Å². The van der Waals surface area contributed by atoms with Gasteiger partial charge < -0.3 is 4.98 Å². The highest BCUT2D eigenvalue weighted by Gasteiger charge is 2.21. The van der Waals surface area contributed by atoms with Gasteiger partial charge in [0, 0.05) is 26.0 Å². The Labute approximate surface area is 136 Å². The van der Waals surface area contributed by atoms with Gasteiger partial charge in [0.1, 0.15) is 0 Å². The second kappa shape index (κ2) is 6.02. The Morgan fingerprint density at radius 3 is 2.50 bits per heavy atom. The molecule has 0 aliphatic rings. The number of aromatic amines is 2. The molecule has 0 aliphatic heterocycles. The SMILES string of the molecule is CN(Cc1ccncc1)S(=O)(=O)c1ccc2[nH]c(=O)[nH]c(=O)c2c1. The fraction of sp³-hybridized carbons (Fsp3) is 0.133. The highest BCUT2D eigenvalue weighted by Crippen LogP contribution is 2.19. The Bertz CT molecular complexity index is 1100. The van der Waals surface area contributed by atoms with E-state index in [9.17, 15) is 18.0 Å². The predicted molar refractivity (Wildman–Crippen MR) is 88.1 cm³/mol. The molecule has 0 saturated carbocycles. The largest absolute Gasteiger partial charge is 0.326 e. The van der Waals surface area contributed by atoms with Crippen molar-refractivity contribution in [2.24, 2.45) is 0 Å². The molecule has 0 saturated heterocycles. The van der Waals surface area contributed by atoms with Crippen LogP contribution in [0.4, 0.5) is 0 Å². The first-order valence-electron chi connectivity index (χ1n) is 6.99. The van der Waals surface area contributed by atoms with Gasteiger partial charge in [-0.3, -0.25) is 14.8 Å². The molecule has 9 heteroatoms. The van der Waals surface area contributed by atoms with Crippen molar-refractivity contribution < 1.29 is 8.42 Å². The van der Waals surface area contributed by atoms with Crippen molar-refractivity contribution in [1.82, 2.24) is 19.3 Å². The molecule has 0 radical (unpaired) electrons. The van der Waals surface area contributed by atoms with Gasteiger partial charge in [0.25, 0.3) is 5.56 Å². The van der Waals surface area contributed by atoms with Crippen LogP contribution in [-0.4, -0.2) is 34.7 Å². The molecular weight excluding hydrogens is 332 g/mol. The van der Waals surface area contributed by atoms with Crippen LogP contribution in [0.2, 0.25) is 0 Å². The molecule has 3 rings (SSSR count). The van der Waals surface area contributed by atoms with Crippen LogP contribution in [0.5, 0.6) is 0 Å². The molecule has 0 bridgehead atoms. The Morgan fingerprint density at radius 1 is 1.08 bits per heavy atom. The van der Waals surface area contributed by atoms with E-state index in [1.807, 2.05) is 0 Å². The van der Waals surface area contributed by atoms with Gasteiger partial charge >= 0.3 is 5.69 Å². The topological polar surface area (TPSA) is 116 Å². The van der Waals surface area contributed by atoms with Crippen LogP contribution in [0.15, 0.2) is 57.2 Å². The highest BCUT2D eigenvalue weighted by atomic mass is 32.2. The molecule has 24 heavy (non-hydrogen) atoms. The van der Waals surface area contributed by atoms with E-state index in [0.29, 0.717) is 0 Å². The third-order valence-electron chi connectivity index (χ3n) is 3.57. The number of nitrogens with zero attached hydrogens (tertiary/aromatic N) is 2. The molecule has 8 nitrogen and oxygen atoms in total. The number of rotatable bonds is 4. The first-order valence-corrected chi connectivity index (χ1v) is 8.43. The zero-order valence-corrected chi connectivity index (χ0v) is 13.5. The molecule has 2 heterocycles. The molecule has 0 amide bonds. The molecular formula is C15H14N4O4S. The van der Waals surface area contributed by atoms with Crippen LogP contribution in [0.1, 0.15) is 5.56 Å². The molecule has 0 aliphatic carbocycles. The number of H-pyrrole nitrogens is 2. The molecule has 2 N–H and O–H groups in total. The fourth-order valence-corrected chi connectivity index (χ4v) is 3.50. The first-order chi connectivity index (χ1) is 11.4. The number of benzene rings is 1. The van der Waals surface area contributed by atoms with Gasteiger partial charge in [-0.25, -0.2) is 13.2 Å². The average Bonchev–Trinajstić information content (AvgIpc) is 2.55. The lowest BCUT2D eigenvalue weighted by molar-refractivity contribution is 0.466. The summed E-state index contributed by atoms with van der Waals surface area (Å²) in [6.07, 6.45) is 3.17. The summed E-state index contributed by atoms with van der Waals surface area (Å²) >= 11 is 0. The number of hydrogen-bond acceptors (Lipinski definition) is 5. The maximum absolute atomic E-state index is 12.7. The third-order valence-corrected chi connectivity index (χ3v) is 5.37. The van der Waals surface area contributed by atoms with Gasteiger partial charge in [0.05, 0.1) is 15.8 Å². The summed E-state index contributed by atoms with van der Waals surface area (Å²) in [7, 11) is -2.33. The minimum absolute atomic E-state index is 0.0240. The zero-order chi connectivity index (χ0) is 17.3. The second-order valence-corrected chi connectivity index (χ2v) is 7.28. The van der Waals surface area contributed by atoms with Crippen molar-refractivity contribution in [1.29, 1.82) is 0 Å². The smallest absolute Gasteiger partial charge is 0.307 e. The van der Waals surface area contributed by atoms with E-state index in [-0.39, 0.29) is 22.3 Å². The molecule has 124 valence electrons. The lowest BCUT2D eigenvalue weighted by Gasteiger charge is -2.17. The normalized spacial score (nSPS) is 11.9. The number of aromatic nitrogens is 3. The molecule has 0 spiro atoms. The fourth-order valence-electron chi connectivity index (χ4n) is 2.31. The predicted octanol–water partition coefficient (Wildman–Crippen LogP) is 0.432. The summed E-state index contributed by atoms with van der Waals surface area (Å²) < 4.78 is 26.6. The van der Waals surface area contributed by atoms with Gasteiger partial charge in [-0.2, -0.15) is 4.31 Å². The maximum Gasteiger partial charge on any atom is 0.326 e. The Balaban J connectivity index is 2.02. The number of nitrogens with one attached hydrogen (secondary N) is 2. The number of pyridine rings is 1. The summed E-state index contributed by atoms with van der Waals surface area (Å²) in [5.74, 6) is 0. The van der Waals surface area contributed by atoms with E-state index in [1.165, 1.54) is 29.6 Å². The quantitative estimate of drug-likeness (QED) is 0.711. The van der Waals surface area contributed by atoms with E-state index in [0.717, 1.165) is 5.56 Å². The van der Waals surface area contributed by atoms with Crippen LogP contribution >= 0.6 is 0 Å². The molecule has 0 fully saturated rings. The van der Waals surface area contributed by atoms with Crippen LogP contribution in [0.3, 0.4) is 0 Å². The van der Waals surface area contributed by atoms with Gasteiger partial charge in [-0.05, 0) is 35.9 Å². The van der Waals surface area contributed by atoms with Gasteiger partial charge in [0.15, 0.2) is 0 Å². The van der Waals surface area contributed by atoms with E-state index >= 15 is 0 Å². The Morgan fingerprint density at radius 2 is 1.79 bits per heavy atom. The maximum atomic E-state index is 12.7. The third kappa shape index (κ3) is 2.99. The van der Waals surface area contributed by atoms with Crippen molar-refractivity contribution in [2.75, 3.05) is 7.05 Å². The lowest BCUT2D eigenvalue weighted by atomic mass is 10.2. The number of hydrogen-bond donors (Lipinski definition) is 2. The van der Waals surface area contributed by atoms with Crippen LogP contribution in [0, 0.1) is 0 Å². The molecule has 3 aromatic rings. The Kier molecular flexibility index (Phi) is 4.04. The van der Waals surface area contributed by atoms with Crippen LogP contribution in [0.25, 0.3) is 10.9 Å². The molecule has 0 atom stereocenters. The summed E-state index contributed by atoms with van der Waals surface area (Å²) in [4.78, 5) is 31.5. The van der Waals surface area contributed by atoms with E-state index in [2.05, 4.69) is 15.0 Å². The highest BCUT2D eigenvalue weighted by molar-refractivity contribution is 7.89. The van der Waals surface area contributed by atoms with E-state index in [1.54, 1.807) is 24.5 Å². The van der Waals surface area contributed by atoms with Crippen molar-refractivity contribution in [3.05, 3.63) is 69.1 Å². The van der Waals surface area contributed by atoms with Crippen molar-refractivity contribution in [3.63, 3.8) is 0 Å². The average molecular weight is 346 g/mol. The summed E-state index contributed by atoms with van der Waals surface area (Å²) in [6.45, 7) is 0.171. The van der Waals surface area contributed by atoms with Crippen molar-refractivity contribution >= 4 is 20.9 Å². The van der Waals surface area contributed by atoms with Crippen LogP contribution in [-0.2, 0) is 16.6 Å². The summed E-state index contributed by atoms with van der Waals surface area (Å²) in [6, 6.07) is 7.46. The molecule has 2 aromatic heterocycles. The minimum atomic E-state index is -3.79. The van der Waals surface area contributed by atoms with Gasteiger partial charge in [-0.1, -0.05) is 0 Å². The summed E-state index contributed by atoms with van der Waals surface area (Å²) in [5, 5.41) is 0.105. The Hall–Kier alpha value is -2.78. The number of fused-ring (bicyclic) bond motifs is 1. The lowest BCUT2D eigenvalue weighted by Crippen LogP contribution is -2.27. The zero-order valence-electron chi connectivity index (χ0n) is 12.7. The van der Waals surface area contributed by atoms with E-state index < -0.39 is 21.3 Å². The van der Waals surface area contributed by atoms with Gasteiger partial charge in [0.2, 0.25) is 10.0 Å². The van der Waals surface area contributed by atoms with Crippen molar-refractivity contribution in [3.8, 4) is 0 Å².